The molecule has 2 amide bonds. The van der Waals surface area contributed by atoms with Gasteiger partial charge in [-0.25, -0.2) is 9.59 Å². The van der Waals surface area contributed by atoms with Crippen LogP contribution in [0.15, 0.2) is 45.9 Å². The molecule has 1 aliphatic heterocycles. The minimum atomic E-state index is -4.78. The van der Waals surface area contributed by atoms with Crippen molar-refractivity contribution in [1.82, 2.24) is 20.4 Å². The number of alkyl carbamates (subject to hydrolysis) is 1. The number of hydrogen-bond acceptors (Lipinski definition) is 9. The van der Waals surface area contributed by atoms with E-state index >= 15 is 0 Å². The third-order valence-electron chi connectivity index (χ3n) is 6.93. The molecule has 1 aliphatic rings. The first-order valence-corrected chi connectivity index (χ1v) is 16.3. The number of aliphatic hydroxyl groups excluding tert-OH is 1. The van der Waals surface area contributed by atoms with Crippen molar-refractivity contribution >= 4 is 41.3 Å². The standard InChI is InChI=1S/C33H38Cl2F3N5O7/c1-31(2,3)48-29(45)40-28(41-30(46)49-32(4,5)6)43-14-13-23(44)25(43)27-39-26(42-50-27)19-10-12-24(20(17-19)33(36,37)38)47-15-7-8-18-9-11-21(34)22(35)16-18/h9-12,16-17,23,25,44H,7-8,13-15H2,1-6H3,(H,40,41,45,46)/t23-,25-/m0/s1. The number of nitrogens with zero attached hydrogens (tertiary/aromatic N) is 4. The van der Waals surface area contributed by atoms with Gasteiger partial charge in [-0.2, -0.15) is 18.2 Å². The van der Waals surface area contributed by atoms with Crippen LogP contribution in [0.1, 0.15) is 77.4 Å². The highest BCUT2D eigenvalue weighted by Gasteiger charge is 2.42. The van der Waals surface area contributed by atoms with Gasteiger partial charge in [-0.3, -0.25) is 5.32 Å². The Morgan fingerprint density at radius 1 is 1.04 bits per heavy atom. The van der Waals surface area contributed by atoms with Crippen LogP contribution in [0.25, 0.3) is 11.4 Å². The number of hydrogen-bond donors (Lipinski definition) is 2. The average Bonchev–Trinajstić information content (AvgIpc) is 3.61. The summed E-state index contributed by atoms with van der Waals surface area (Å²) in [5, 5.41) is 18.0. The van der Waals surface area contributed by atoms with Crippen LogP contribution in [0.4, 0.5) is 22.8 Å². The van der Waals surface area contributed by atoms with Gasteiger partial charge in [0.2, 0.25) is 11.8 Å². The molecule has 1 saturated heterocycles. The van der Waals surface area contributed by atoms with Gasteiger partial charge in [0.05, 0.1) is 28.3 Å². The lowest BCUT2D eigenvalue weighted by molar-refractivity contribution is -0.138. The third-order valence-corrected chi connectivity index (χ3v) is 7.67. The van der Waals surface area contributed by atoms with Gasteiger partial charge in [0.25, 0.3) is 5.89 Å². The molecular formula is C33H38Cl2F3N5O7. The van der Waals surface area contributed by atoms with Crippen LogP contribution >= 0.6 is 23.2 Å². The number of carbonyl (C=O) groups excluding carboxylic acids is 2. The molecule has 0 bridgehead atoms. The van der Waals surface area contributed by atoms with Gasteiger partial charge in [0, 0.05) is 12.1 Å². The molecule has 0 spiro atoms. The molecule has 2 N–H and O–H groups in total. The predicted octanol–water partition coefficient (Wildman–Crippen LogP) is 8.00. The van der Waals surface area contributed by atoms with Crippen molar-refractivity contribution in [2.75, 3.05) is 13.2 Å². The number of amides is 2. The van der Waals surface area contributed by atoms with E-state index in [2.05, 4.69) is 20.4 Å². The smallest absolute Gasteiger partial charge is 0.437 e. The highest BCUT2D eigenvalue weighted by molar-refractivity contribution is 6.42. The molecule has 12 nitrogen and oxygen atoms in total. The number of ether oxygens (including phenoxy) is 3. The summed E-state index contributed by atoms with van der Waals surface area (Å²) >= 11 is 12.0. The van der Waals surface area contributed by atoms with Crippen LogP contribution < -0.4 is 10.1 Å². The lowest BCUT2D eigenvalue weighted by atomic mass is 10.1. The molecule has 0 unspecified atom stereocenters. The number of guanidine groups is 1. The number of rotatable bonds is 7. The Kier molecular flexibility index (Phi) is 12.0. The van der Waals surface area contributed by atoms with E-state index in [1.807, 2.05) is 0 Å². The quantitative estimate of drug-likeness (QED) is 0.139. The van der Waals surface area contributed by atoms with Gasteiger partial charge < -0.3 is 28.7 Å². The van der Waals surface area contributed by atoms with Crippen LogP contribution in [-0.4, -0.2) is 68.8 Å². The van der Waals surface area contributed by atoms with E-state index in [0.29, 0.717) is 22.9 Å². The zero-order valence-electron chi connectivity index (χ0n) is 28.2. The Morgan fingerprint density at radius 2 is 1.74 bits per heavy atom. The molecule has 272 valence electrons. The number of carbonyl (C=O) groups is 2. The van der Waals surface area contributed by atoms with Crippen molar-refractivity contribution in [2.24, 2.45) is 4.99 Å². The molecule has 2 heterocycles. The average molecular weight is 745 g/mol. The zero-order valence-corrected chi connectivity index (χ0v) is 29.7. The van der Waals surface area contributed by atoms with Gasteiger partial charge in [0.1, 0.15) is 23.0 Å². The summed E-state index contributed by atoms with van der Waals surface area (Å²) in [6.07, 6.45) is -6.87. The molecule has 1 aromatic heterocycles. The maximum Gasteiger partial charge on any atom is 0.437 e. The van der Waals surface area contributed by atoms with Gasteiger partial charge in [-0.05, 0) is 96.7 Å². The predicted molar refractivity (Wildman–Crippen MR) is 178 cm³/mol. The number of aliphatic hydroxyl groups is 1. The van der Waals surface area contributed by atoms with Crippen LogP contribution in [0.5, 0.6) is 5.75 Å². The Balaban J connectivity index is 1.56. The number of nitrogens with one attached hydrogen (secondary N) is 1. The number of halogens is 5. The van der Waals surface area contributed by atoms with E-state index in [-0.39, 0.29) is 48.6 Å². The highest BCUT2D eigenvalue weighted by atomic mass is 35.5. The molecule has 1 fully saturated rings. The summed E-state index contributed by atoms with van der Waals surface area (Å²) in [7, 11) is 0. The van der Waals surface area contributed by atoms with E-state index in [1.54, 1.807) is 59.7 Å². The fraction of sp³-hybridized carbons (Fsp3) is 0.485. The zero-order chi connectivity index (χ0) is 37.0. The van der Waals surface area contributed by atoms with Crippen molar-refractivity contribution < 1.29 is 46.6 Å². The SMILES string of the molecule is CC(C)(C)OC(=O)/N=C(\NC(=O)OC(C)(C)C)N1CC[C@H](O)[C@H]1c1nc(-c2ccc(OCCCc3ccc(Cl)c(Cl)c3)c(C(F)(F)F)c2)no1. The number of aliphatic imine (C=N–C) groups is 1. The van der Waals surface area contributed by atoms with E-state index in [4.69, 9.17) is 41.9 Å². The highest BCUT2D eigenvalue weighted by Crippen LogP contribution is 2.39. The molecule has 17 heteroatoms. The first-order valence-electron chi connectivity index (χ1n) is 15.6. The van der Waals surface area contributed by atoms with Gasteiger partial charge in [-0.15, -0.1) is 4.99 Å². The third kappa shape index (κ3) is 10.7. The van der Waals surface area contributed by atoms with Crippen molar-refractivity contribution in [3.05, 3.63) is 63.5 Å². The summed E-state index contributed by atoms with van der Waals surface area (Å²) < 4.78 is 64.0. The van der Waals surface area contributed by atoms with E-state index in [0.717, 1.165) is 11.6 Å². The summed E-state index contributed by atoms with van der Waals surface area (Å²) in [4.78, 5) is 34.9. The minimum Gasteiger partial charge on any atom is -0.493 e. The number of aromatic nitrogens is 2. The van der Waals surface area contributed by atoms with Gasteiger partial charge in [-0.1, -0.05) is 34.4 Å². The van der Waals surface area contributed by atoms with Crippen molar-refractivity contribution in [3.63, 3.8) is 0 Å². The summed E-state index contributed by atoms with van der Waals surface area (Å²) in [6, 6.07) is 7.32. The fourth-order valence-corrected chi connectivity index (χ4v) is 5.20. The maximum atomic E-state index is 14.2. The Bertz CT molecular complexity index is 1720. The molecule has 0 saturated carbocycles. The van der Waals surface area contributed by atoms with Crippen LogP contribution in [0, 0.1) is 0 Å². The Hall–Kier alpha value is -4.08. The lowest BCUT2D eigenvalue weighted by Gasteiger charge is -2.28. The van der Waals surface area contributed by atoms with Crippen LogP contribution in [-0.2, 0) is 22.1 Å². The Morgan fingerprint density at radius 3 is 2.38 bits per heavy atom. The molecule has 2 atom stereocenters. The van der Waals surface area contributed by atoms with E-state index < -0.39 is 47.3 Å². The molecule has 2 aromatic carbocycles. The van der Waals surface area contributed by atoms with Crippen molar-refractivity contribution in [1.29, 1.82) is 0 Å². The summed E-state index contributed by atoms with van der Waals surface area (Å²) in [5.41, 5.74) is -2.03. The van der Waals surface area contributed by atoms with Gasteiger partial charge >= 0.3 is 18.4 Å². The number of likely N-dealkylation sites (tertiary alicyclic amines) is 1. The summed E-state index contributed by atoms with van der Waals surface area (Å²) in [5.74, 6) is -1.12. The number of benzene rings is 2. The van der Waals surface area contributed by atoms with Crippen LogP contribution in [0.3, 0.4) is 0 Å². The van der Waals surface area contributed by atoms with Gasteiger partial charge in [0.15, 0.2) is 0 Å². The van der Waals surface area contributed by atoms with Crippen molar-refractivity contribution in [3.8, 4) is 17.1 Å². The molecule has 4 rings (SSSR count). The first kappa shape index (κ1) is 38.7. The molecule has 3 aromatic rings. The second-order valence-electron chi connectivity index (χ2n) is 13.4. The summed E-state index contributed by atoms with van der Waals surface area (Å²) in [6.45, 7) is 9.88. The first-order chi connectivity index (χ1) is 23.2. The topological polar surface area (TPSA) is 149 Å². The Labute approximate surface area is 296 Å². The number of aryl methyl sites for hydroxylation is 1. The number of alkyl halides is 3. The molecule has 0 aliphatic carbocycles. The molecule has 0 radical (unpaired) electrons. The van der Waals surface area contributed by atoms with Crippen LogP contribution in [0.2, 0.25) is 10.0 Å². The monoisotopic (exact) mass is 743 g/mol. The second kappa shape index (κ2) is 15.4. The second-order valence-corrected chi connectivity index (χ2v) is 14.2. The van der Waals surface area contributed by atoms with Crippen molar-refractivity contribution in [2.45, 2.75) is 90.3 Å². The molecule has 50 heavy (non-hydrogen) atoms. The minimum absolute atomic E-state index is 0.00501. The molecular weight excluding hydrogens is 706 g/mol. The maximum absolute atomic E-state index is 14.2. The lowest BCUT2D eigenvalue weighted by Crippen LogP contribution is -2.47. The van der Waals surface area contributed by atoms with E-state index in [9.17, 15) is 27.9 Å². The van der Waals surface area contributed by atoms with E-state index in [1.165, 1.54) is 17.0 Å². The largest absolute Gasteiger partial charge is 0.493 e. The normalized spacial score (nSPS) is 17.1. The fourth-order valence-electron chi connectivity index (χ4n) is 4.88.